The zero-order chi connectivity index (χ0) is 9.52. The fourth-order valence-corrected chi connectivity index (χ4v) is 2.12. The Morgan fingerprint density at radius 1 is 1.31 bits per heavy atom. The van der Waals surface area contributed by atoms with Gasteiger partial charge in [-0.05, 0) is 32.4 Å². The monoisotopic (exact) mass is 205 g/mol. The maximum Gasteiger partial charge on any atom is 0.0586 e. The van der Waals surface area contributed by atoms with Crippen LogP contribution in [-0.4, -0.2) is 41.6 Å². The van der Waals surface area contributed by atoms with Gasteiger partial charge in [-0.25, -0.2) is 0 Å². The van der Waals surface area contributed by atoms with Crippen molar-refractivity contribution in [2.75, 3.05) is 25.6 Å². The molecule has 13 heavy (non-hydrogen) atoms. The minimum absolute atomic E-state index is 0.308. The second-order valence-corrected chi connectivity index (χ2v) is 4.14. The van der Waals surface area contributed by atoms with Gasteiger partial charge in [-0.2, -0.15) is 0 Å². The Morgan fingerprint density at radius 3 is 2.85 bits per heavy atom. The maximum atomic E-state index is 9.21. The Bertz CT molecular complexity index is 132. The van der Waals surface area contributed by atoms with Crippen molar-refractivity contribution in [2.45, 2.75) is 38.1 Å². The molecule has 1 fully saturated rings. The van der Waals surface area contributed by atoms with E-state index in [1.165, 1.54) is 19.3 Å². The van der Waals surface area contributed by atoms with Gasteiger partial charge in [0.25, 0.3) is 0 Å². The summed E-state index contributed by atoms with van der Waals surface area (Å²) in [4.78, 5) is 2.40. The summed E-state index contributed by atoms with van der Waals surface area (Å²) < 4.78 is 0. The quantitative estimate of drug-likeness (QED) is 0.709. The van der Waals surface area contributed by atoms with Crippen molar-refractivity contribution >= 4 is 11.6 Å². The number of hydrogen-bond acceptors (Lipinski definition) is 2. The molecule has 0 spiro atoms. The van der Waals surface area contributed by atoms with E-state index >= 15 is 0 Å². The van der Waals surface area contributed by atoms with Crippen molar-refractivity contribution < 1.29 is 5.11 Å². The molecular weight excluding hydrogens is 186 g/mol. The molecule has 0 amide bonds. The lowest BCUT2D eigenvalue weighted by Crippen LogP contribution is -2.38. The first kappa shape index (κ1) is 11.3. The van der Waals surface area contributed by atoms with Gasteiger partial charge in [0.05, 0.1) is 6.61 Å². The molecular formula is C10H20ClNO. The second kappa shape index (κ2) is 6.63. The minimum atomic E-state index is 0.308. The number of aliphatic hydroxyl groups is 1. The van der Waals surface area contributed by atoms with Gasteiger partial charge in [0.15, 0.2) is 0 Å². The first-order chi connectivity index (χ1) is 6.38. The van der Waals surface area contributed by atoms with E-state index in [2.05, 4.69) is 4.90 Å². The van der Waals surface area contributed by atoms with Crippen molar-refractivity contribution in [3.05, 3.63) is 0 Å². The Morgan fingerprint density at radius 2 is 2.15 bits per heavy atom. The molecule has 2 nitrogen and oxygen atoms in total. The maximum absolute atomic E-state index is 9.21. The smallest absolute Gasteiger partial charge is 0.0586 e. The molecule has 0 radical (unpaired) electrons. The van der Waals surface area contributed by atoms with Crippen LogP contribution in [0.1, 0.15) is 32.1 Å². The second-order valence-electron chi connectivity index (χ2n) is 3.76. The van der Waals surface area contributed by atoms with Crippen LogP contribution in [0.25, 0.3) is 0 Å². The average molecular weight is 206 g/mol. The fraction of sp³-hybridized carbons (Fsp3) is 1.00. The molecule has 78 valence electrons. The molecule has 0 aromatic heterocycles. The number of rotatable bonds is 4. The van der Waals surface area contributed by atoms with Crippen molar-refractivity contribution in [1.29, 1.82) is 0 Å². The molecule has 0 aromatic carbocycles. The number of likely N-dealkylation sites (tertiary alicyclic amines) is 1. The molecule has 1 aliphatic rings. The number of hydrogen-bond donors (Lipinski definition) is 1. The standard InChI is InChI=1S/C10H20ClNO/c11-6-4-8-12-7-3-1-2-5-10(12)9-13/h10,13H,1-9H2. The normalized spacial score (nSPS) is 25.8. The van der Waals surface area contributed by atoms with Crippen molar-refractivity contribution in [3.8, 4) is 0 Å². The third kappa shape index (κ3) is 3.84. The molecule has 1 saturated heterocycles. The van der Waals surface area contributed by atoms with Crippen molar-refractivity contribution in [2.24, 2.45) is 0 Å². The number of aliphatic hydroxyl groups excluding tert-OH is 1. The summed E-state index contributed by atoms with van der Waals surface area (Å²) in [5, 5.41) is 9.21. The number of nitrogens with zero attached hydrogens (tertiary/aromatic N) is 1. The molecule has 1 rings (SSSR count). The molecule has 0 saturated carbocycles. The molecule has 1 N–H and O–H groups in total. The first-order valence-corrected chi connectivity index (χ1v) is 5.83. The van der Waals surface area contributed by atoms with Crippen LogP contribution < -0.4 is 0 Å². The van der Waals surface area contributed by atoms with Gasteiger partial charge >= 0.3 is 0 Å². The fourth-order valence-electron chi connectivity index (χ4n) is 2.00. The molecule has 1 atom stereocenters. The van der Waals surface area contributed by atoms with E-state index in [1.807, 2.05) is 0 Å². The lowest BCUT2D eigenvalue weighted by molar-refractivity contribution is 0.125. The van der Waals surface area contributed by atoms with Crippen molar-refractivity contribution in [1.82, 2.24) is 4.90 Å². The summed E-state index contributed by atoms with van der Waals surface area (Å²) in [6, 6.07) is 0.394. The molecule has 1 unspecified atom stereocenters. The van der Waals surface area contributed by atoms with Crippen LogP contribution in [-0.2, 0) is 0 Å². The molecule has 0 bridgehead atoms. The first-order valence-electron chi connectivity index (χ1n) is 5.29. The van der Waals surface area contributed by atoms with E-state index in [9.17, 15) is 5.11 Å². The lowest BCUT2D eigenvalue weighted by atomic mass is 10.1. The van der Waals surface area contributed by atoms with E-state index < -0.39 is 0 Å². The van der Waals surface area contributed by atoms with E-state index in [-0.39, 0.29) is 0 Å². The van der Waals surface area contributed by atoms with Gasteiger partial charge in [-0.1, -0.05) is 12.8 Å². The highest BCUT2D eigenvalue weighted by atomic mass is 35.5. The average Bonchev–Trinajstić information content (AvgIpc) is 2.39. The molecule has 3 heteroatoms. The van der Waals surface area contributed by atoms with Gasteiger partial charge in [0.2, 0.25) is 0 Å². The summed E-state index contributed by atoms with van der Waals surface area (Å²) in [7, 11) is 0. The highest BCUT2D eigenvalue weighted by molar-refractivity contribution is 6.17. The zero-order valence-electron chi connectivity index (χ0n) is 8.21. The van der Waals surface area contributed by atoms with Crippen LogP contribution in [0.4, 0.5) is 0 Å². The predicted octanol–water partition coefficient (Wildman–Crippen LogP) is 1.85. The van der Waals surface area contributed by atoms with Gasteiger partial charge < -0.3 is 5.11 Å². The van der Waals surface area contributed by atoms with Crippen LogP contribution in [0.5, 0.6) is 0 Å². The third-order valence-electron chi connectivity index (χ3n) is 2.79. The number of alkyl halides is 1. The van der Waals surface area contributed by atoms with Gasteiger partial charge in [0, 0.05) is 11.9 Å². The Labute approximate surface area is 85.9 Å². The topological polar surface area (TPSA) is 23.5 Å². The van der Waals surface area contributed by atoms with Crippen LogP contribution in [0, 0.1) is 0 Å². The Balaban J connectivity index is 2.34. The van der Waals surface area contributed by atoms with Gasteiger partial charge in [0.1, 0.15) is 0 Å². The van der Waals surface area contributed by atoms with Gasteiger partial charge in [-0.15, -0.1) is 11.6 Å². The molecule has 1 aliphatic heterocycles. The van der Waals surface area contributed by atoms with Crippen molar-refractivity contribution in [3.63, 3.8) is 0 Å². The van der Waals surface area contributed by atoms with E-state index in [4.69, 9.17) is 11.6 Å². The Hall–Kier alpha value is 0.210. The van der Waals surface area contributed by atoms with Crippen LogP contribution in [0.3, 0.4) is 0 Å². The summed E-state index contributed by atoms with van der Waals surface area (Å²) in [5.74, 6) is 0.731. The number of halogens is 1. The van der Waals surface area contributed by atoms with Crippen LogP contribution in [0.15, 0.2) is 0 Å². The predicted molar refractivity (Wildman–Crippen MR) is 56.3 cm³/mol. The summed E-state index contributed by atoms with van der Waals surface area (Å²) >= 11 is 5.66. The minimum Gasteiger partial charge on any atom is -0.395 e. The third-order valence-corrected chi connectivity index (χ3v) is 3.06. The van der Waals surface area contributed by atoms with E-state index in [0.717, 1.165) is 31.8 Å². The highest BCUT2D eigenvalue weighted by Crippen LogP contribution is 2.16. The largest absolute Gasteiger partial charge is 0.395 e. The van der Waals surface area contributed by atoms with Crippen LogP contribution in [0.2, 0.25) is 0 Å². The Kier molecular flexibility index (Phi) is 5.76. The molecule has 0 aromatic rings. The van der Waals surface area contributed by atoms with E-state index in [0.29, 0.717) is 12.6 Å². The summed E-state index contributed by atoms with van der Waals surface area (Å²) in [5.41, 5.74) is 0. The van der Waals surface area contributed by atoms with E-state index in [1.54, 1.807) is 0 Å². The summed E-state index contributed by atoms with van der Waals surface area (Å²) in [6.07, 6.45) is 6.05. The SMILES string of the molecule is OCC1CCCCCN1CCCCl. The lowest BCUT2D eigenvalue weighted by Gasteiger charge is -2.27. The van der Waals surface area contributed by atoms with Gasteiger partial charge in [-0.3, -0.25) is 4.90 Å². The van der Waals surface area contributed by atoms with Crippen LogP contribution >= 0.6 is 11.6 Å². The highest BCUT2D eigenvalue weighted by Gasteiger charge is 2.18. The summed E-state index contributed by atoms with van der Waals surface area (Å²) in [6.45, 7) is 2.50. The molecule has 0 aliphatic carbocycles. The molecule has 1 heterocycles. The zero-order valence-corrected chi connectivity index (χ0v) is 8.97.